The molecule has 1 heterocycles. The van der Waals surface area contributed by atoms with Crippen molar-refractivity contribution in [1.82, 2.24) is 10.2 Å². The number of ether oxygens (including phenoxy) is 2. The average Bonchev–Trinajstić information content (AvgIpc) is 2.71. The normalized spacial score (nSPS) is 16.3. The lowest BCUT2D eigenvalue weighted by molar-refractivity contribution is -0.134. The first-order chi connectivity index (χ1) is 13.8. The molecule has 156 valence electrons. The molecule has 0 spiro atoms. The van der Waals surface area contributed by atoms with E-state index in [4.69, 9.17) is 21.1 Å². The summed E-state index contributed by atoms with van der Waals surface area (Å²) in [5.74, 6) is 0.0571. The van der Waals surface area contributed by atoms with Gasteiger partial charge in [0.15, 0.2) is 5.60 Å². The highest BCUT2D eigenvalue weighted by atomic mass is 35.5. The van der Waals surface area contributed by atoms with Crippen LogP contribution in [0, 0.1) is 5.82 Å². The van der Waals surface area contributed by atoms with E-state index in [2.05, 4.69) is 10.2 Å². The molecule has 1 aliphatic rings. The molecule has 0 bridgehead atoms. The van der Waals surface area contributed by atoms with Crippen molar-refractivity contribution in [2.75, 3.05) is 32.8 Å². The molecule has 1 amide bonds. The van der Waals surface area contributed by atoms with Gasteiger partial charge in [0, 0.05) is 24.7 Å². The molecule has 1 aliphatic heterocycles. The third-order valence-electron chi connectivity index (χ3n) is 4.93. The molecule has 0 radical (unpaired) electrons. The Hall–Kier alpha value is -2.15. The third kappa shape index (κ3) is 5.92. The first kappa shape index (κ1) is 21.6. The smallest absolute Gasteiger partial charge is 0.263 e. The van der Waals surface area contributed by atoms with Crippen LogP contribution in [0.25, 0.3) is 0 Å². The van der Waals surface area contributed by atoms with Crippen LogP contribution in [-0.4, -0.2) is 49.3 Å². The maximum absolute atomic E-state index is 13.4. The number of morpholine rings is 1. The van der Waals surface area contributed by atoms with Crippen molar-refractivity contribution in [3.63, 3.8) is 0 Å². The van der Waals surface area contributed by atoms with Gasteiger partial charge in [0.25, 0.3) is 5.91 Å². The molecule has 2 aromatic carbocycles. The van der Waals surface area contributed by atoms with E-state index in [1.807, 2.05) is 0 Å². The quantitative estimate of drug-likeness (QED) is 0.739. The van der Waals surface area contributed by atoms with Gasteiger partial charge in [0.2, 0.25) is 0 Å². The molecule has 1 saturated heterocycles. The van der Waals surface area contributed by atoms with E-state index in [0.717, 1.165) is 18.7 Å². The topological polar surface area (TPSA) is 50.8 Å². The molecule has 2 aromatic rings. The summed E-state index contributed by atoms with van der Waals surface area (Å²) in [4.78, 5) is 15.1. The van der Waals surface area contributed by atoms with Crippen molar-refractivity contribution >= 4 is 17.5 Å². The van der Waals surface area contributed by atoms with E-state index < -0.39 is 5.60 Å². The summed E-state index contributed by atoms with van der Waals surface area (Å²) in [5.41, 5.74) is -0.114. The van der Waals surface area contributed by atoms with Gasteiger partial charge in [-0.15, -0.1) is 0 Å². The molecule has 0 aromatic heterocycles. The van der Waals surface area contributed by atoms with Crippen LogP contribution in [0.1, 0.15) is 25.5 Å². The van der Waals surface area contributed by atoms with Crippen molar-refractivity contribution in [3.8, 4) is 5.75 Å². The minimum absolute atomic E-state index is 0.0743. The minimum Gasteiger partial charge on any atom is -0.478 e. The fourth-order valence-electron chi connectivity index (χ4n) is 3.28. The predicted molar refractivity (Wildman–Crippen MR) is 111 cm³/mol. The Bertz CT molecular complexity index is 806. The number of nitrogens with zero attached hydrogens (tertiary/aromatic N) is 1. The first-order valence-electron chi connectivity index (χ1n) is 9.65. The third-order valence-corrected chi connectivity index (χ3v) is 5.18. The van der Waals surface area contributed by atoms with Gasteiger partial charge in [-0.1, -0.05) is 23.7 Å². The van der Waals surface area contributed by atoms with Crippen molar-refractivity contribution in [3.05, 3.63) is 64.9 Å². The first-order valence-corrected chi connectivity index (χ1v) is 10.0. The summed E-state index contributed by atoms with van der Waals surface area (Å²) in [7, 11) is 0. The summed E-state index contributed by atoms with van der Waals surface area (Å²) < 4.78 is 24.7. The zero-order chi connectivity index (χ0) is 20.9. The Balaban J connectivity index is 1.67. The van der Waals surface area contributed by atoms with Crippen molar-refractivity contribution < 1.29 is 18.7 Å². The number of amides is 1. The molecule has 1 unspecified atom stereocenters. The second kappa shape index (κ2) is 9.57. The standard InChI is InChI=1S/C22H26ClFN2O3/c1-22(2,29-19-9-5-17(23)6-10-19)21(27)25-15-20(26-11-13-28-14-12-26)16-3-7-18(24)8-4-16/h3-10,20H,11-15H2,1-2H3,(H,25,27). The average molecular weight is 421 g/mol. The molecule has 1 fully saturated rings. The van der Waals surface area contributed by atoms with E-state index in [0.29, 0.717) is 30.5 Å². The van der Waals surface area contributed by atoms with Gasteiger partial charge < -0.3 is 14.8 Å². The molecule has 0 aliphatic carbocycles. The van der Waals surface area contributed by atoms with Crippen LogP contribution in [-0.2, 0) is 9.53 Å². The van der Waals surface area contributed by atoms with Crippen molar-refractivity contribution in [2.24, 2.45) is 0 Å². The number of benzene rings is 2. The van der Waals surface area contributed by atoms with E-state index in [1.54, 1.807) is 50.2 Å². The van der Waals surface area contributed by atoms with Crippen LogP contribution in [0.4, 0.5) is 4.39 Å². The van der Waals surface area contributed by atoms with Gasteiger partial charge in [-0.25, -0.2) is 4.39 Å². The van der Waals surface area contributed by atoms with Gasteiger partial charge >= 0.3 is 0 Å². The second-order valence-electron chi connectivity index (χ2n) is 7.49. The van der Waals surface area contributed by atoms with Crippen LogP contribution in [0.5, 0.6) is 5.75 Å². The summed E-state index contributed by atoms with van der Waals surface area (Å²) >= 11 is 5.90. The van der Waals surface area contributed by atoms with Gasteiger partial charge in [-0.3, -0.25) is 9.69 Å². The number of rotatable bonds is 7. The van der Waals surface area contributed by atoms with Gasteiger partial charge in [-0.2, -0.15) is 0 Å². The zero-order valence-electron chi connectivity index (χ0n) is 16.7. The predicted octanol–water partition coefficient (Wildman–Crippen LogP) is 3.83. The molecule has 3 rings (SSSR count). The lowest BCUT2D eigenvalue weighted by atomic mass is 10.0. The van der Waals surface area contributed by atoms with Crippen LogP contribution in [0.2, 0.25) is 5.02 Å². The zero-order valence-corrected chi connectivity index (χ0v) is 17.4. The molecule has 1 atom stereocenters. The highest BCUT2D eigenvalue weighted by Crippen LogP contribution is 2.24. The van der Waals surface area contributed by atoms with E-state index in [9.17, 15) is 9.18 Å². The second-order valence-corrected chi connectivity index (χ2v) is 7.93. The maximum Gasteiger partial charge on any atom is 0.263 e. The minimum atomic E-state index is -1.06. The number of hydrogen-bond acceptors (Lipinski definition) is 4. The van der Waals surface area contributed by atoms with Crippen LogP contribution in [0.15, 0.2) is 48.5 Å². The molecule has 0 saturated carbocycles. The van der Waals surface area contributed by atoms with Crippen LogP contribution >= 0.6 is 11.6 Å². The molecule has 7 heteroatoms. The maximum atomic E-state index is 13.4. The van der Waals surface area contributed by atoms with Crippen LogP contribution < -0.4 is 10.1 Å². The highest BCUT2D eigenvalue weighted by Gasteiger charge is 2.31. The van der Waals surface area contributed by atoms with Gasteiger partial charge in [0.05, 0.1) is 19.3 Å². The van der Waals surface area contributed by atoms with Gasteiger partial charge in [-0.05, 0) is 55.8 Å². The largest absolute Gasteiger partial charge is 0.478 e. The molecular formula is C22H26ClFN2O3. The Morgan fingerprint density at radius 2 is 1.79 bits per heavy atom. The molecular weight excluding hydrogens is 395 g/mol. The Morgan fingerprint density at radius 3 is 2.41 bits per heavy atom. The number of carbonyl (C=O) groups is 1. The summed E-state index contributed by atoms with van der Waals surface area (Å²) in [6.07, 6.45) is 0. The summed E-state index contributed by atoms with van der Waals surface area (Å²) in [6, 6.07) is 13.2. The highest BCUT2D eigenvalue weighted by molar-refractivity contribution is 6.30. The number of nitrogens with one attached hydrogen (secondary N) is 1. The Morgan fingerprint density at radius 1 is 1.17 bits per heavy atom. The van der Waals surface area contributed by atoms with Crippen LogP contribution in [0.3, 0.4) is 0 Å². The number of halogens is 2. The summed E-state index contributed by atoms with van der Waals surface area (Å²) in [6.45, 7) is 6.60. The summed E-state index contributed by atoms with van der Waals surface area (Å²) in [5, 5.41) is 3.60. The number of hydrogen-bond donors (Lipinski definition) is 1. The fraction of sp³-hybridized carbons (Fsp3) is 0.409. The van der Waals surface area contributed by atoms with Crippen molar-refractivity contribution in [1.29, 1.82) is 0 Å². The number of carbonyl (C=O) groups excluding carboxylic acids is 1. The molecule has 29 heavy (non-hydrogen) atoms. The SMILES string of the molecule is CC(C)(Oc1ccc(Cl)cc1)C(=O)NCC(c1ccc(F)cc1)N1CCOCC1. The van der Waals surface area contributed by atoms with Gasteiger partial charge in [0.1, 0.15) is 11.6 Å². The van der Waals surface area contributed by atoms with E-state index >= 15 is 0 Å². The lowest BCUT2D eigenvalue weighted by Gasteiger charge is -2.35. The van der Waals surface area contributed by atoms with E-state index in [-0.39, 0.29) is 17.8 Å². The van der Waals surface area contributed by atoms with Crippen molar-refractivity contribution in [2.45, 2.75) is 25.5 Å². The Labute approximate surface area is 175 Å². The molecule has 5 nitrogen and oxygen atoms in total. The monoisotopic (exact) mass is 420 g/mol. The fourth-order valence-corrected chi connectivity index (χ4v) is 3.40. The lowest BCUT2D eigenvalue weighted by Crippen LogP contribution is -2.50. The Kier molecular flexibility index (Phi) is 7.11. The molecule has 1 N–H and O–H groups in total. The van der Waals surface area contributed by atoms with E-state index in [1.165, 1.54) is 12.1 Å².